The molecule has 1 amide bonds. The van der Waals surface area contributed by atoms with E-state index in [9.17, 15) is 4.79 Å². The number of imidazole rings is 1. The number of nitrogens with one attached hydrogen (secondary N) is 1. The highest BCUT2D eigenvalue weighted by Gasteiger charge is 2.12. The van der Waals surface area contributed by atoms with Gasteiger partial charge in [0.2, 0.25) is 0 Å². The van der Waals surface area contributed by atoms with Crippen LogP contribution in [0, 0.1) is 0 Å². The first kappa shape index (κ1) is 13.6. The molecule has 0 radical (unpaired) electrons. The first-order valence-corrected chi connectivity index (χ1v) is 6.65. The molecule has 0 aliphatic carbocycles. The van der Waals surface area contributed by atoms with Gasteiger partial charge in [-0.1, -0.05) is 23.7 Å². The topological polar surface area (TPSA) is 67.2 Å². The zero-order valence-electron chi connectivity index (χ0n) is 11.2. The number of halogens is 1. The lowest BCUT2D eigenvalue weighted by Crippen LogP contribution is -2.18. The summed E-state index contributed by atoms with van der Waals surface area (Å²) in [5.41, 5.74) is 4.42. The predicted octanol–water partition coefficient (Wildman–Crippen LogP) is 3.01. The Bertz CT molecular complexity index is 842. The van der Waals surface area contributed by atoms with Crippen LogP contribution in [0.15, 0.2) is 42.5 Å². The molecule has 0 aliphatic rings. The van der Waals surface area contributed by atoms with Gasteiger partial charge in [-0.05, 0) is 30.3 Å². The van der Waals surface area contributed by atoms with Crippen molar-refractivity contribution < 1.29 is 10.0 Å². The maximum Gasteiger partial charge on any atom is 0.274 e. The Morgan fingerprint density at radius 2 is 2.10 bits per heavy atom. The molecular weight excluding hydrogens is 290 g/mol. The van der Waals surface area contributed by atoms with Crippen LogP contribution in [0.5, 0.6) is 0 Å². The number of nitrogens with zero attached hydrogens (tertiary/aromatic N) is 2. The number of aromatic nitrogens is 2. The number of hydrogen-bond donors (Lipinski definition) is 2. The molecule has 0 saturated carbocycles. The molecule has 106 valence electrons. The smallest absolute Gasteiger partial charge is 0.274 e. The number of amides is 1. The number of carbonyl (C=O) groups is 1. The van der Waals surface area contributed by atoms with Crippen LogP contribution >= 0.6 is 11.6 Å². The lowest BCUT2D eigenvalue weighted by molar-refractivity contribution is 0.0706. The summed E-state index contributed by atoms with van der Waals surface area (Å²) >= 11 is 6.01. The van der Waals surface area contributed by atoms with Crippen LogP contribution in [-0.4, -0.2) is 20.7 Å². The van der Waals surface area contributed by atoms with Crippen LogP contribution in [0.2, 0.25) is 5.02 Å². The number of rotatable bonds is 2. The average Bonchev–Trinajstić information content (AvgIpc) is 2.83. The molecule has 2 N–H and O–H groups in total. The number of fused-ring (bicyclic) bond motifs is 1. The van der Waals surface area contributed by atoms with Gasteiger partial charge < -0.3 is 4.57 Å². The van der Waals surface area contributed by atoms with Crippen molar-refractivity contribution in [2.75, 3.05) is 0 Å². The molecule has 0 spiro atoms. The van der Waals surface area contributed by atoms with E-state index in [-0.39, 0.29) is 0 Å². The zero-order chi connectivity index (χ0) is 15.0. The van der Waals surface area contributed by atoms with E-state index in [0.29, 0.717) is 16.1 Å². The summed E-state index contributed by atoms with van der Waals surface area (Å²) in [6.07, 6.45) is 0. The van der Waals surface area contributed by atoms with Gasteiger partial charge >= 0.3 is 0 Å². The Morgan fingerprint density at radius 1 is 1.29 bits per heavy atom. The van der Waals surface area contributed by atoms with E-state index in [1.165, 1.54) is 0 Å². The summed E-state index contributed by atoms with van der Waals surface area (Å²) in [5, 5.41) is 9.33. The molecule has 0 bridgehead atoms. The molecule has 1 heterocycles. The zero-order valence-corrected chi connectivity index (χ0v) is 11.9. The van der Waals surface area contributed by atoms with E-state index in [1.54, 1.807) is 29.7 Å². The van der Waals surface area contributed by atoms with Crippen LogP contribution in [-0.2, 0) is 7.05 Å². The first-order valence-electron chi connectivity index (χ1n) is 6.27. The van der Waals surface area contributed by atoms with Gasteiger partial charge in [-0.2, -0.15) is 0 Å². The Hall–Kier alpha value is -2.37. The molecule has 5 nitrogen and oxygen atoms in total. The van der Waals surface area contributed by atoms with E-state index in [2.05, 4.69) is 4.98 Å². The quantitative estimate of drug-likeness (QED) is 0.565. The van der Waals surface area contributed by atoms with Crippen LogP contribution in [0.4, 0.5) is 0 Å². The van der Waals surface area contributed by atoms with Crippen molar-refractivity contribution in [3.63, 3.8) is 0 Å². The Kier molecular flexibility index (Phi) is 3.37. The van der Waals surface area contributed by atoms with Crippen LogP contribution in [0.1, 0.15) is 10.4 Å². The van der Waals surface area contributed by atoms with Crippen LogP contribution < -0.4 is 5.48 Å². The minimum absolute atomic E-state index is 0.348. The summed E-state index contributed by atoms with van der Waals surface area (Å²) in [4.78, 5) is 16.0. The van der Waals surface area contributed by atoms with Crippen molar-refractivity contribution in [1.29, 1.82) is 0 Å². The fourth-order valence-electron chi connectivity index (χ4n) is 2.29. The van der Waals surface area contributed by atoms with Crippen LogP contribution in [0.3, 0.4) is 0 Å². The maximum atomic E-state index is 11.5. The van der Waals surface area contributed by atoms with Gasteiger partial charge in [0.15, 0.2) is 0 Å². The van der Waals surface area contributed by atoms with Crippen molar-refractivity contribution in [2.45, 2.75) is 0 Å². The second-order valence-electron chi connectivity index (χ2n) is 4.65. The standard InChI is InChI=1S/C15H12ClN3O2/c1-19-13-6-5-10(15(20)18-21)8-12(13)17-14(19)9-3-2-4-11(16)7-9/h2-8,21H,1H3,(H,18,20). The van der Waals surface area contributed by atoms with Gasteiger partial charge in [-0.25, -0.2) is 10.5 Å². The third-order valence-electron chi connectivity index (χ3n) is 3.33. The highest BCUT2D eigenvalue weighted by atomic mass is 35.5. The molecule has 3 aromatic rings. The molecule has 3 rings (SSSR count). The molecule has 0 fully saturated rings. The molecule has 6 heteroatoms. The normalized spacial score (nSPS) is 10.8. The Morgan fingerprint density at radius 3 is 2.81 bits per heavy atom. The van der Waals surface area contributed by atoms with E-state index < -0.39 is 5.91 Å². The molecule has 0 unspecified atom stereocenters. The highest BCUT2D eigenvalue weighted by molar-refractivity contribution is 6.30. The van der Waals surface area contributed by atoms with E-state index >= 15 is 0 Å². The van der Waals surface area contributed by atoms with Gasteiger partial charge in [-0.3, -0.25) is 10.0 Å². The maximum absolute atomic E-state index is 11.5. The fourth-order valence-corrected chi connectivity index (χ4v) is 2.48. The number of carbonyl (C=O) groups excluding carboxylic acids is 1. The van der Waals surface area contributed by atoms with Crippen molar-refractivity contribution >= 4 is 28.5 Å². The van der Waals surface area contributed by atoms with Crippen molar-refractivity contribution in [2.24, 2.45) is 7.05 Å². The van der Waals surface area contributed by atoms with Gasteiger partial charge in [0.1, 0.15) is 5.82 Å². The highest BCUT2D eigenvalue weighted by Crippen LogP contribution is 2.26. The minimum Gasteiger partial charge on any atom is -0.327 e. The molecule has 21 heavy (non-hydrogen) atoms. The van der Waals surface area contributed by atoms with Gasteiger partial charge in [0.25, 0.3) is 5.91 Å². The second kappa shape index (κ2) is 5.20. The molecule has 0 aliphatic heterocycles. The summed E-state index contributed by atoms with van der Waals surface area (Å²) in [6, 6.07) is 12.5. The van der Waals surface area contributed by atoms with Gasteiger partial charge in [-0.15, -0.1) is 0 Å². The van der Waals surface area contributed by atoms with E-state index in [4.69, 9.17) is 16.8 Å². The number of hydrogen-bond acceptors (Lipinski definition) is 3. The number of hydroxylamine groups is 1. The third kappa shape index (κ3) is 2.37. The Labute approximate surface area is 125 Å². The molecule has 0 saturated heterocycles. The van der Waals surface area contributed by atoms with E-state index in [1.807, 2.05) is 29.8 Å². The minimum atomic E-state index is -0.563. The largest absolute Gasteiger partial charge is 0.327 e. The summed E-state index contributed by atoms with van der Waals surface area (Å²) in [5.74, 6) is 0.195. The summed E-state index contributed by atoms with van der Waals surface area (Å²) < 4.78 is 1.93. The Balaban J connectivity index is 2.17. The molecule has 1 aromatic heterocycles. The van der Waals surface area contributed by atoms with Crippen molar-refractivity contribution in [3.8, 4) is 11.4 Å². The van der Waals surface area contributed by atoms with Crippen molar-refractivity contribution in [1.82, 2.24) is 15.0 Å². The van der Waals surface area contributed by atoms with Gasteiger partial charge in [0.05, 0.1) is 11.0 Å². The lowest BCUT2D eigenvalue weighted by Gasteiger charge is -2.03. The first-order chi connectivity index (χ1) is 10.1. The van der Waals surface area contributed by atoms with Gasteiger partial charge in [0, 0.05) is 23.2 Å². The molecule has 0 atom stereocenters. The number of benzene rings is 2. The van der Waals surface area contributed by atoms with Crippen molar-refractivity contribution in [3.05, 3.63) is 53.1 Å². The van der Waals surface area contributed by atoms with Crippen LogP contribution in [0.25, 0.3) is 22.4 Å². The lowest BCUT2D eigenvalue weighted by atomic mass is 10.2. The second-order valence-corrected chi connectivity index (χ2v) is 5.09. The monoisotopic (exact) mass is 301 g/mol. The average molecular weight is 302 g/mol. The molecular formula is C15H12ClN3O2. The number of aryl methyl sites for hydroxylation is 1. The summed E-state index contributed by atoms with van der Waals surface area (Å²) in [7, 11) is 1.90. The SMILES string of the molecule is Cn1c(-c2cccc(Cl)c2)nc2cc(C(=O)NO)ccc21. The predicted molar refractivity (Wildman–Crippen MR) is 80.4 cm³/mol. The third-order valence-corrected chi connectivity index (χ3v) is 3.56. The van der Waals surface area contributed by atoms with E-state index in [0.717, 1.165) is 16.9 Å². The fraction of sp³-hybridized carbons (Fsp3) is 0.0667. The molecule has 2 aromatic carbocycles. The summed E-state index contributed by atoms with van der Waals surface area (Å²) in [6.45, 7) is 0.